The number of likely N-dealkylation sites (N-methyl/N-ethyl adjacent to an activating group) is 1. The Morgan fingerprint density at radius 2 is 2.03 bits per heavy atom. The van der Waals surface area contributed by atoms with E-state index in [0.29, 0.717) is 40.5 Å². The molecule has 0 aliphatic carbocycles. The first-order valence-corrected chi connectivity index (χ1v) is 9.80. The second-order valence-corrected chi connectivity index (χ2v) is 7.53. The van der Waals surface area contributed by atoms with Gasteiger partial charge in [0, 0.05) is 38.1 Å². The molecule has 2 aromatic heterocycles. The van der Waals surface area contributed by atoms with E-state index in [4.69, 9.17) is 0 Å². The Kier molecular flexibility index (Phi) is 5.13. The molecule has 1 atom stereocenters. The molecule has 31 heavy (non-hydrogen) atoms. The number of hydrogen-bond donors (Lipinski definition) is 2. The molecule has 0 radical (unpaired) electrons. The lowest BCUT2D eigenvalue weighted by atomic mass is 10.0. The number of carbonyl (C=O) groups excluding carboxylic acids is 2. The van der Waals surface area contributed by atoms with Crippen molar-refractivity contribution < 1.29 is 14.7 Å². The van der Waals surface area contributed by atoms with Crippen LogP contribution in [0, 0.1) is 18.8 Å². The minimum absolute atomic E-state index is 0.242. The highest BCUT2D eigenvalue weighted by Crippen LogP contribution is 2.25. The SMILES string of the molecule is CC(=O)Nc1nc(C)nc2ccc(-c3cccc(C#C[C@]4(O)CCN(C)C4=O)c3)nc12. The summed E-state index contributed by atoms with van der Waals surface area (Å²) in [6.45, 7) is 3.64. The van der Waals surface area contributed by atoms with Crippen LogP contribution in [-0.4, -0.2) is 56.0 Å². The van der Waals surface area contributed by atoms with Crippen LogP contribution in [0.3, 0.4) is 0 Å². The standard InChI is InChI=1S/C23H21N5O3/c1-14-24-19-8-7-18(27-20(19)21(25-14)26-15(2)29)17-6-4-5-16(13-17)9-10-23(31)11-12-28(3)22(23)30/h4-8,13,31H,11-12H2,1-3H3,(H,24,25,26,29)/t23-/m0/s1. The third-order valence-corrected chi connectivity index (χ3v) is 5.03. The fourth-order valence-corrected chi connectivity index (χ4v) is 3.45. The van der Waals surface area contributed by atoms with Gasteiger partial charge in [0.1, 0.15) is 11.3 Å². The van der Waals surface area contributed by atoms with E-state index in [2.05, 4.69) is 32.1 Å². The number of hydrogen-bond acceptors (Lipinski definition) is 6. The van der Waals surface area contributed by atoms with Gasteiger partial charge in [0.25, 0.3) is 5.91 Å². The molecule has 1 aromatic carbocycles. The predicted molar refractivity (Wildman–Crippen MR) is 116 cm³/mol. The first-order chi connectivity index (χ1) is 14.7. The Bertz CT molecular complexity index is 1280. The van der Waals surface area contributed by atoms with E-state index in [9.17, 15) is 14.7 Å². The summed E-state index contributed by atoms with van der Waals surface area (Å²) in [5, 5.41) is 13.2. The van der Waals surface area contributed by atoms with Gasteiger partial charge in [-0.2, -0.15) is 0 Å². The lowest BCUT2D eigenvalue weighted by Gasteiger charge is -2.13. The van der Waals surface area contributed by atoms with E-state index in [1.165, 1.54) is 11.8 Å². The van der Waals surface area contributed by atoms with Crippen molar-refractivity contribution in [3.63, 3.8) is 0 Å². The Labute approximate surface area is 179 Å². The highest BCUT2D eigenvalue weighted by atomic mass is 16.3. The molecule has 2 amide bonds. The summed E-state index contributed by atoms with van der Waals surface area (Å²) in [7, 11) is 1.65. The zero-order valence-corrected chi connectivity index (χ0v) is 17.4. The molecular weight excluding hydrogens is 394 g/mol. The number of fused-ring (bicyclic) bond motifs is 1. The molecule has 8 nitrogen and oxygen atoms in total. The van der Waals surface area contributed by atoms with Gasteiger partial charge in [0.05, 0.1) is 11.2 Å². The number of benzene rings is 1. The Morgan fingerprint density at radius 1 is 1.23 bits per heavy atom. The Hall–Kier alpha value is -3.83. The second-order valence-electron chi connectivity index (χ2n) is 7.53. The highest BCUT2D eigenvalue weighted by Gasteiger charge is 2.42. The van der Waals surface area contributed by atoms with Gasteiger partial charge in [-0.1, -0.05) is 24.0 Å². The van der Waals surface area contributed by atoms with Gasteiger partial charge in [-0.05, 0) is 31.2 Å². The number of likely N-dealkylation sites (tertiary alicyclic amines) is 1. The largest absolute Gasteiger partial charge is 0.369 e. The van der Waals surface area contributed by atoms with Gasteiger partial charge in [-0.15, -0.1) is 0 Å². The van der Waals surface area contributed by atoms with Crippen molar-refractivity contribution >= 4 is 28.7 Å². The van der Waals surface area contributed by atoms with Crippen molar-refractivity contribution in [2.24, 2.45) is 0 Å². The minimum atomic E-state index is -1.64. The number of aliphatic hydroxyl groups is 1. The number of carbonyl (C=O) groups is 2. The summed E-state index contributed by atoms with van der Waals surface area (Å²) in [4.78, 5) is 38.5. The van der Waals surface area contributed by atoms with Crippen LogP contribution in [0.1, 0.15) is 24.7 Å². The number of pyridine rings is 1. The van der Waals surface area contributed by atoms with Crippen LogP contribution in [0.4, 0.5) is 5.82 Å². The first kappa shape index (κ1) is 20.4. The molecular formula is C23H21N5O3. The molecule has 0 saturated carbocycles. The second kappa shape index (κ2) is 7.78. The van der Waals surface area contributed by atoms with Crippen LogP contribution in [0.5, 0.6) is 0 Å². The van der Waals surface area contributed by atoms with Gasteiger partial charge >= 0.3 is 0 Å². The average molecular weight is 415 g/mol. The van der Waals surface area contributed by atoms with Crippen LogP contribution < -0.4 is 5.32 Å². The van der Waals surface area contributed by atoms with Crippen LogP contribution in [0.15, 0.2) is 36.4 Å². The molecule has 1 aliphatic heterocycles. The van der Waals surface area contributed by atoms with Crippen molar-refractivity contribution in [1.82, 2.24) is 19.9 Å². The topological polar surface area (TPSA) is 108 Å². The summed E-state index contributed by atoms with van der Waals surface area (Å²) < 4.78 is 0. The van der Waals surface area contributed by atoms with Crippen LogP contribution in [0.25, 0.3) is 22.3 Å². The van der Waals surface area contributed by atoms with Gasteiger partial charge < -0.3 is 15.3 Å². The van der Waals surface area contributed by atoms with E-state index >= 15 is 0 Å². The molecule has 4 rings (SSSR count). The Morgan fingerprint density at radius 3 is 2.74 bits per heavy atom. The van der Waals surface area contributed by atoms with E-state index in [1.54, 1.807) is 20.0 Å². The zero-order chi connectivity index (χ0) is 22.2. The maximum Gasteiger partial charge on any atom is 0.267 e. The quantitative estimate of drug-likeness (QED) is 0.619. The number of nitrogens with one attached hydrogen (secondary N) is 1. The molecule has 2 N–H and O–H groups in total. The molecule has 3 aromatic rings. The molecule has 1 fully saturated rings. The third kappa shape index (κ3) is 4.09. The van der Waals surface area contributed by atoms with E-state index < -0.39 is 5.60 Å². The molecule has 0 unspecified atom stereocenters. The summed E-state index contributed by atoms with van der Waals surface area (Å²) >= 11 is 0. The number of rotatable bonds is 2. The molecule has 8 heteroatoms. The lowest BCUT2D eigenvalue weighted by molar-refractivity contribution is -0.137. The van der Waals surface area contributed by atoms with Crippen LogP contribution in [0.2, 0.25) is 0 Å². The molecule has 1 aliphatic rings. The third-order valence-electron chi connectivity index (χ3n) is 5.03. The Balaban J connectivity index is 1.71. The van der Waals surface area contributed by atoms with Crippen molar-refractivity contribution in [2.75, 3.05) is 18.9 Å². The molecule has 0 spiro atoms. The zero-order valence-electron chi connectivity index (χ0n) is 17.4. The van der Waals surface area contributed by atoms with Gasteiger partial charge in [-0.25, -0.2) is 15.0 Å². The fourth-order valence-electron chi connectivity index (χ4n) is 3.45. The van der Waals surface area contributed by atoms with Crippen molar-refractivity contribution in [1.29, 1.82) is 0 Å². The maximum absolute atomic E-state index is 12.1. The van der Waals surface area contributed by atoms with Gasteiger partial charge in [0.15, 0.2) is 5.82 Å². The maximum atomic E-state index is 12.1. The lowest BCUT2D eigenvalue weighted by Crippen LogP contribution is -2.37. The first-order valence-electron chi connectivity index (χ1n) is 9.80. The summed E-state index contributed by atoms with van der Waals surface area (Å²) in [5.74, 6) is 5.91. The van der Waals surface area contributed by atoms with Gasteiger partial charge in [0.2, 0.25) is 11.5 Å². The fraction of sp³-hybridized carbons (Fsp3) is 0.261. The number of anilines is 1. The number of nitrogens with zero attached hydrogens (tertiary/aromatic N) is 4. The number of amides is 2. The molecule has 156 valence electrons. The summed E-state index contributed by atoms with van der Waals surface area (Å²) in [5.41, 5.74) is 1.58. The molecule has 3 heterocycles. The van der Waals surface area contributed by atoms with Crippen LogP contribution in [-0.2, 0) is 9.59 Å². The van der Waals surface area contributed by atoms with Crippen LogP contribution >= 0.6 is 0 Å². The number of aryl methyl sites for hydroxylation is 1. The molecule has 0 bridgehead atoms. The summed E-state index contributed by atoms with van der Waals surface area (Å²) in [6.07, 6.45) is 0.284. The smallest absolute Gasteiger partial charge is 0.267 e. The monoisotopic (exact) mass is 415 g/mol. The normalized spacial score (nSPS) is 18.1. The predicted octanol–water partition coefficient (Wildman–Crippen LogP) is 1.90. The van der Waals surface area contributed by atoms with Crippen molar-refractivity contribution in [3.8, 4) is 23.1 Å². The van der Waals surface area contributed by atoms with E-state index in [-0.39, 0.29) is 18.2 Å². The molecule has 1 saturated heterocycles. The van der Waals surface area contributed by atoms with Gasteiger partial charge in [-0.3, -0.25) is 9.59 Å². The van der Waals surface area contributed by atoms with Crippen molar-refractivity contribution in [3.05, 3.63) is 47.8 Å². The van der Waals surface area contributed by atoms with Crippen molar-refractivity contribution in [2.45, 2.75) is 25.9 Å². The average Bonchev–Trinajstić information content (AvgIpc) is 3.00. The summed E-state index contributed by atoms with van der Waals surface area (Å²) in [6, 6.07) is 11.0. The van der Waals surface area contributed by atoms with E-state index in [1.807, 2.05) is 30.3 Å². The highest BCUT2D eigenvalue weighted by molar-refractivity contribution is 5.97. The minimum Gasteiger partial charge on any atom is -0.369 e. The van der Waals surface area contributed by atoms with E-state index in [0.717, 1.165) is 5.56 Å². The number of aromatic nitrogens is 3.